The third kappa shape index (κ3) is 3.03. The van der Waals surface area contributed by atoms with E-state index in [0.717, 1.165) is 44.6 Å². The fourth-order valence-corrected chi connectivity index (χ4v) is 3.23. The number of fused-ring (bicyclic) bond motifs is 8. The Bertz CT molecular complexity index is 1140. The number of aromatic nitrogens is 3. The monoisotopic (exact) mass is 335 g/mol. The van der Waals surface area contributed by atoms with Crippen molar-refractivity contribution < 1.29 is 0 Å². The molecule has 4 heterocycles. The van der Waals surface area contributed by atoms with E-state index in [9.17, 15) is 0 Å². The van der Waals surface area contributed by atoms with Gasteiger partial charge in [0.15, 0.2) is 0 Å². The fourth-order valence-electron chi connectivity index (χ4n) is 3.23. The lowest BCUT2D eigenvalue weighted by atomic mass is 10.2. The molecule has 3 aromatic heterocycles. The zero-order chi connectivity index (χ0) is 17.3. The number of nitrogens with one attached hydrogen (secondary N) is 2. The number of hydrogen-bond donors (Lipinski definition) is 2. The van der Waals surface area contributed by atoms with Crippen molar-refractivity contribution in [1.82, 2.24) is 15.0 Å². The topological polar surface area (TPSA) is 44.5 Å². The molecule has 0 radical (unpaired) electrons. The summed E-state index contributed by atoms with van der Waals surface area (Å²) in [6.07, 6.45) is 12.4. The van der Waals surface area contributed by atoms with Crippen LogP contribution in [0.4, 0.5) is 0 Å². The van der Waals surface area contributed by atoms with E-state index in [1.807, 2.05) is 12.2 Å². The van der Waals surface area contributed by atoms with Crippen LogP contribution in [0, 0.1) is 0 Å². The summed E-state index contributed by atoms with van der Waals surface area (Å²) in [5.74, 6) is 0. The molecular weight excluding hydrogens is 318 g/mol. The number of rotatable bonds is 0. The Labute approximate surface area is 151 Å². The highest BCUT2D eigenvalue weighted by molar-refractivity contribution is 5.75. The van der Waals surface area contributed by atoms with E-state index in [0.29, 0.717) is 0 Å². The molecule has 2 aliphatic rings. The highest BCUT2D eigenvalue weighted by atomic mass is 14.7. The Hall–Kier alpha value is -3.59. The van der Waals surface area contributed by atoms with Gasteiger partial charge in [-0.15, -0.1) is 0 Å². The fraction of sp³-hybridized carbons (Fsp3) is 0. The molecule has 1 aliphatic carbocycles. The Balaban J connectivity index is 1.86. The Morgan fingerprint density at radius 1 is 0.500 bits per heavy atom. The van der Waals surface area contributed by atoms with E-state index in [1.165, 1.54) is 0 Å². The van der Waals surface area contributed by atoms with Crippen molar-refractivity contribution in [3.05, 3.63) is 89.3 Å². The average molecular weight is 335 g/mol. The maximum atomic E-state index is 4.67. The van der Waals surface area contributed by atoms with E-state index >= 15 is 0 Å². The smallest absolute Gasteiger partial charge is 0.0658 e. The molecular formula is C23H17N3. The predicted molar refractivity (Wildman–Crippen MR) is 110 cm³/mol. The van der Waals surface area contributed by atoms with E-state index in [4.69, 9.17) is 0 Å². The van der Waals surface area contributed by atoms with Gasteiger partial charge in [-0.05, 0) is 77.9 Å². The molecule has 2 N–H and O–H groups in total. The summed E-state index contributed by atoms with van der Waals surface area (Å²) in [7, 11) is 0. The lowest BCUT2D eigenvalue weighted by molar-refractivity contribution is 1.32. The first kappa shape index (κ1) is 14.7. The second-order valence-electron chi connectivity index (χ2n) is 6.47. The Morgan fingerprint density at radius 3 is 1.46 bits per heavy atom. The van der Waals surface area contributed by atoms with Gasteiger partial charge in [-0.3, -0.25) is 0 Å². The van der Waals surface area contributed by atoms with Gasteiger partial charge < -0.3 is 9.97 Å². The Morgan fingerprint density at radius 2 is 0.962 bits per heavy atom. The van der Waals surface area contributed by atoms with Crippen LogP contribution in [0.2, 0.25) is 0 Å². The SMILES string of the molecule is C1=Cc2cc(cc3ccc(cc4nc(cc5ccc(c2)[nH]5)C=C4)[nH]3)C=C1. The van der Waals surface area contributed by atoms with Gasteiger partial charge in [0.2, 0.25) is 0 Å². The van der Waals surface area contributed by atoms with Crippen molar-refractivity contribution in [2.75, 3.05) is 0 Å². The maximum Gasteiger partial charge on any atom is 0.0658 e. The number of hydrogen-bond acceptors (Lipinski definition) is 1. The highest BCUT2D eigenvalue weighted by Gasteiger charge is 1.99. The van der Waals surface area contributed by atoms with Crippen LogP contribution >= 0.6 is 0 Å². The minimum atomic E-state index is 0.948. The minimum absolute atomic E-state index is 0.948. The number of H-pyrrole nitrogens is 2. The lowest BCUT2D eigenvalue weighted by Crippen LogP contribution is -1.74. The first-order valence-corrected chi connectivity index (χ1v) is 8.64. The maximum absolute atomic E-state index is 4.67. The van der Waals surface area contributed by atoms with Crippen molar-refractivity contribution in [2.45, 2.75) is 0 Å². The van der Waals surface area contributed by atoms with Gasteiger partial charge in [0.05, 0.1) is 11.4 Å². The molecule has 0 saturated carbocycles. The van der Waals surface area contributed by atoms with Gasteiger partial charge in [-0.25, -0.2) is 4.98 Å². The molecule has 3 aromatic rings. The molecule has 124 valence electrons. The van der Waals surface area contributed by atoms with Crippen molar-refractivity contribution in [3.8, 4) is 0 Å². The van der Waals surface area contributed by atoms with Gasteiger partial charge in [-0.1, -0.05) is 24.3 Å². The second-order valence-corrected chi connectivity index (χ2v) is 6.47. The van der Waals surface area contributed by atoms with Gasteiger partial charge >= 0.3 is 0 Å². The third-order valence-electron chi connectivity index (χ3n) is 4.42. The molecule has 3 nitrogen and oxygen atoms in total. The molecule has 0 amide bonds. The van der Waals surface area contributed by atoms with Gasteiger partial charge in [0.1, 0.15) is 0 Å². The molecule has 0 spiro atoms. The zero-order valence-corrected chi connectivity index (χ0v) is 14.1. The largest absolute Gasteiger partial charge is 0.355 e. The molecule has 8 bridgehead atoms. The number of allylic oxidation sites excluding steroid dienone is 2. The van der Waals surface area contributed by atoms with E-state index in [2.05, 4.69) is 93.9 Å². The molecule has 0 fully saturated rings. The summed E-state index contributed by atoms with van der Waals surface area (Å²) >= 11 is 0. The van der Waals surface area contributed by atoms with Gasteiger partial charge in [0, 0.05) is 22.1 Å². The first-order valence-electron chi connectivity index (χ1n) is 8.64. The van der Waals surface area contributed by atoms with Crippen LogP contribution in [-0.4, -0.2) is 15.0 Å². The summed E-state index contributed by atoms with van der Waals surface area (Å²) < 4.78 is 0. The lowest BCUT2D eigenvalue weighted by Gasteiger charge is -1.91. The van der Waals surface area contributed by atoms with Crippen LogP contribution in [0.25, 0.3) is 46.4 Å². The van der Waals surface area contributed by atoms with Crippen LogP contribution < -0.4 is 0 Å². The van der Waals surface area contributed by atoms with Crippen molar-refractivity contribution in [3.63, 3.8) is 0 Å². The van der Waals surface area contributed by atoms with Crippen LogP contribution in [0.1, 0.15) is 22.5 Å². The van der Waals surface area contributed by atoms with Gasteiger partial charge in [-0.2, -0.15) is 0 Å². The van der Waals surface area contributed by atoms with Crippen LogP contribution in [0.5, 0.6) is 0 Å². The molecule has 0 aromatic carbocycles. The summed E-state index contributed by atoms with van der Waals surface area (Å²) in [5, 5.41) is 0. The molecule has 0 atom stereocenters. The van der Waals surface area contributed by atoms with E-state index < -0.39 is 0 Å². The molecule has 26 heavy (non-hydrogen) atoms. The number of aromatic amines is 2. The molecule has 5 rings (SSSR count). The average Bonchev–Trinajstić information content (AvgIpc) is 3.31. The van der Waals surface area contributed by atoms with Crippen LogP contribution in [-0.2, 0) is 0 Å². The zero-order valence-electron chi connectivity index (χ0n) is 14.1. The predicted octanol–water partition coefficient (Wildman–Crippen LogP) is 5.82. The molecule has 1 aliphatic heterocycles. The molecule has 0 unspecified atom stereocenters. The minimum Gasteiger partial charge on any atom is -0.355 e. The quantitative estimate of drug-likeness (QED) is 0.418. The normalized spacial score (nSPS) is 12.9. The van der Waals surface area contributed by atoms with Crippen LogP contribution in [0.15, 0.2) is 66.7 Å². The number of nitrogens with zero attached hydrogens (tertiary/aromatic N) is 1. The van der Waals surface area contributed by atoms with Crippen molar-refractivity contribution in [2.24, 2.45) is 0 Å². The summed E-state index contributed by atoms with van der Waals surface area (Å²) in [6, 6.07) is 18.9. The summed E-state index contributed by atoms with van der Waals surface area (Å²) in [6.45, 7) is 0. The van der Waals surface area contributed by atoms with Gasteiger partial charge in [0.25, 0.3) is 0 Å². The first-order chi connectivity index (χ1) is 12.8. The highest BCUT2D eigenvalue weighted by Crippen LogP contribution is 2.17. The second kappa shape index (κ2) is 6.05. The molecule has 3 heteroatoms. The van der Waals surface area contributed by atoms with E-state index in [-0.39, 0.29) is 0 Å². The van der Waals surface area contributed by atoms with E-state index in [1.54, 1.807) is 0 Å². The summed E-state index contributed by atoms with van der Waals surface area (Å²) in [4.78, 5) is 11.5. The van der Waals surface area contributed by atoms with Crippen LogP contribution in [0.3, 0.4) is 0 Å². The molecule has 0 saturated heterocycles. The van der Waals surface area contributed by atoms with Crippen molar-refractivity contribution in [1.29, 1.82) is 0 Å². The van der Waals surface area contributed by atoms with Crippen molar-refractivity contribution >= 4 is 46.4 Å². The standard InChI is InChI=1S/C23H17N3/c1-2-4-17-11-16(3-1)12-18-5-7-20(24-18)14-22-9-10-23(26-22)15-21-8-6-19(13-17)25-21/h1-15,24-25H. The third-order valence-corrected chi connectivity index (χ3v) is 4.42. The summed E-state index contributed by atoms with van der Waals surface area (Å²) in [5.41, 5.74) is 8.42. The Kier molecular flexibility index (Phi) is 3.42.